The minimum Gasteiger partial charge on any atom is -0.337 e. The van der Waals surface area contributed by atoms with Gasteiger partial charge in [-0.05, 0) is 24.3 Å². The van der Waals surface area contributed by atoms with Crippen molar-refractivity contribution in [1.82, 2.24) is 10.3 Å². The standard InChI is InChI=1S/C16H17N3OS2/c17-11-16(5-2-1-3-6-16)19-14(20)8-13-10-22-15(18-13)12-4-7-21-9-12/h4,7,9-10H,1-3,5-6,8H2,(H,19,20). The van der Waals surface area contributed by atoms with E-state index in [0.717, 1.165) is 48.4 Å². The van der Waals surface area contributed by atoms with Crippen LogP contribution >= 0.6 is 22.7 Å². The molecule has 1 N–H and O–H groups in total. The molecule has 0 aromatic carbocycles. The summed E-state index contributed by atoms with van der Waals surface area (Å²) >= 11 is 3.19. The molecule has 0 unspecified atom stereocenters. The predicted octanol–water partition coefficient (Wildman–Crippen LogP) is 3.76. The van der Waals surface area contributed by atoms with Crippen molar-refractivity contribution in [3.05, 3.63) is 27.9 Å². The van der Waals surface area contributed by atoms with Crippen molar-refractivity contribution in [3.8, 4) is 16.6 Å². The smallest absolute Gasteiger partial charge is 0.227 e. The Kier molecular flexibility index (Phi) is 4.55. The SMILES string of the molecule is N#CC1(NC(=O)Cc2csc(-c3ccsc3)n2)CCCCC1. The number of thiazole rings is 1. The Morgan fingerprint density at radius 2 is 2.18 bits per heavy atom. The van der Waals surface area contributed by atoms with Crippen LogP contribution in [-0.4, -0.2) is 16.4 Å². The summed E-state index contributed by atoms with van der Waals surface area (Å²) in [4.78, 5) is 16.8. The average molecular weight is 331 g/mol. The van der Waals surface area contributed by atoms with Gasteiger partial charge in [0.25, 0.3) is 0 Å². The molecular weight excluding hydrogens is 314 g/mol. The molecule has 22 heavy (non-hydrogen) atoms. The second-order valence-electron chi connectivity index (χ2n) is 5.64. The predicted molar refractivity (Wildman–Crippen MR) is 88.7 cm³/mol. The second kappa shape index (κ2) is 6.59. The molecule has 0 spiro atoms. The number of nitrogens with one attached hydrogen (secondary N) is 1. The molecule has 3 rings (SSSR count). The second-order valence-corrected chi connectivity index (χ2v) is 7.27. The van der Waals surface area contributed by atoms with Crippen molar-refractivity contribution < 1.29 is 4.79 Å². The molecule has 6 heteroatoms. The largest absolute Gasteiger partial charge is 0.337 e. The van der Waals surface area contributed by atoms with Crippen LogP contribution in [0, 0.1) is 11.3 Å². The highest BCUT2D eigenvalue weighted by Gasteiger charge is 2.33. The molecule has 0 radical (unpaired) electrons. The van der Waals surface area contributed by atoms with Crippen LogP contribution in [0.2, 0.25) is 0 Å². The number of carbonyl (C=O) groups is 1. The fourth-order valence-corrected chi connectivity index (χ4v) is 4.33. The Balaban J connectivity index is 1.63. The Labute approximate surface area is 137 Å². The maximum absolute atomic E-state index is 12.2. The number of thiophene rings is 1. The van der Waals surface area contributed by atoms with Gasteiger partial charge in [0, 0.05) is 16.3 Å². The molecule has 0 bridgehead atoms. The van der Waals surface area contributed by atoms with E-state index in [1.807, 2.05) is 16.8 Å². The van der Waals surface area contributed by atoms with E-state index in [2.05, 4.69) is 21.8 Å². The van der Waals surface area contributed by atoms with Gasteiger partial charge < -0.3 is 5.32 Å². The third kappa shape index (κ3) is 3.37. The molecule has 0 atom stereocenters. The van der Waals surface area contributed by atoms with Crippen molar-refractivity contribution >= 4 is 28.6 Å². The normalized spacial score (nSPS) is 16.9. The van der Waals surface area contributed by atoms with Gasteiger partial charge in [0.15, 0.2) is 0 Å². The summed E-state index contributed by atoms with van der Waals surface area (Å²) in [6.45, 7) is 0. The molecule has 1 aliphatic rings. The quantitative estimate of drug-likeness (QED) is 0.927. The van der Waals surface area contributed by atoms with Gasteiger partial charge in [0.05, 0.1) is 18.2 Å². The minimum atomic E-state index is -0.665. The fourth-order valence-electron chi connectivity index (χ4n) is 2.80. The summed E-state index contributed by atoms with van der Waals surface area (Å²) in [6, 6.07) is 4.34. The van der Waals surface area contributed by atoms with Crippen molar-refractivity contribution in [3.63, 3.8) is 0 Å². The average Bonchev–Trinajstić information content (AvgIpc) is 3.19. The van der Waals surface area contributed by atoms with E-state index in [0.29, 0.717) is 0 Å². The summed E-state index contributed by atoms with van der Waals surface area (Å²) < 4.78 is 0. The highest BCUT2D eigenvalue weighted by Crippen LogP contribution is 2.28. The van der Waals surface area contributed by atoms with E-state index >= 15 is 0 Å². The summed E-state index contributed by atoms with van der Waals surface area (Å²) in [6.07, 6.45) is 4.91. The fraction of sp³-hybridized carbons (Fsp3) is 0.438. The Morgan fingerprint density at radius 3 is 2.86 bits per heavy atom. The molecule has 1 aliphatic carbocycles. The first-order valence-electron chi connectivity index (χ1n) is 7.40. The van der Waals surface area contributed by atoms with Gasteiger partial charge >= 0.3 is 0 Å². The molecule has 2 aromatic heterocycles. The summed E-state index contributed by atoms with van der Waals surface area (Å²) in [5.74, 6) is -0.106. The molecule has 1 saturated carbocycles. The number of rotatable bonds is 4. The van der Waals surface area contributed by atoms with E-state index in [9.17, 15) is 10.1 Å². The van der Waals surface area contributed by atoms with Crippen LogP contribution < -0.4 is 5.32 Å². The number of nitrogens with zero attached hydrogens (tertiary/aromatic N) is 2. The van der Waals surface area contributed by atoms with Gasteiger partial charge in [-0.1, -0.05) is 19.3 Å². The number of nitriles is 1. The van der Waals surface area contributed by atoms with E-state index in [1.165, 1.54) is 0 Å². The monoisotopic (exact) mass is 331 g/mol. The third-order valence-electron chi connectivity index (χ3n) is 3.96. The zero-order valence-electron chi connectivity index (χ0n) is 12.2. The number of hydrogen-bond donors (Lipinski definition) is 1. The lowest BCUT2D eigenvalue weighted by Gasteiger charge is -2.31. The topological polar surface area (TPSA) is 65.8 Å². The first-order chi connectivity index (χ1) is 10.7. The van der Waals surface area contributed by atoms with Gasteiger partial charge in [-0.2, -0.15) is 16.6 Å². The summed E-state index contributed by atoms with van der Waals surface area (Å²) in [5.41, 5.74) is 1.21. The van der Waals surface area contributed by atoms with Crippen molar-refractivity contribution in [2.24, 2.45) is 0 Å². The lowest BCUT2D eigenvalue weighted by Crippen LogP contribution is -2.49. The molecule has 2 heterocycles. The van der Waals surface area contributed by atoms with E-state index in [1.54, 1.807) is 22.7 Å². The van der Waals surface area contributed by atoms with Crippen molar-refractivity contribution in [2.75, 3.05) is 0 Å². The van der Waals surface area contributed by atoms with Crippen LogP contribution in [0.25, 0.3) is 10.6 Å². The zero-order valence-corrected chi connectivity index (χ0v) is 13.8. The van der Waals surface area contributed by atoms with Gasteiger partial charge in [-0.15, -0.1) is 11.3 Å². The van der Waals surface area contributed by atoms with E-state index in [-0.39, 0.29) is 12.3 Å². The van der Waals surface area contributed by atoms with Crippen LogP contribution in [0.3, 0.4) is 0 Å². The molecule has 1 fully saturated rings. The van der Waals surface area contributed by atoms with Gasteiger partial charge in [-0.25, -0.2) is 4.98 Å². The lowest BCUT2D eigenvalue weighted by molar-refractivity contribution is -0.122. The maximum Gasteiger partial charge on any atom is 0.227 e. The molecule has 1 amide bonds. The third-order valence-corrected chi connectivity index (χ3v) is 5.58. The van der Waals surface area contributed by atoms with Crippen LogP contribution in [0.1, 0.15) is 37.8 Å². The first kappa shape index (κ1) is 15.2. The van der Waals surface area contributed by atoms with Crippen molar-refractivity contribution in [1.29, 1.82) is 5.26 Å². The highest BCUT2D eigenvalue weighted by molar-refractivity contribution is 7.14. The van der Waals surface area contributed by atoms with Crippen LogP contribution in [0.5, 0.6) is 0 Å². The number of hydrogen-bond acceptors (Lipinski definition) is 5. The lowest BCUT2D eigenvalue weighted by atomic mass is 9.83. The summed E-state index contributed by atoms with van der Waals surface area (Å²) in [7, 11) is 0. The maximum atomic E-state index is 12.2. The Hall–Kier alpha value is -1.71. The molecule has 0 saturated heterocycles. The molecule has 2 aromatic rings. The van der Waals surface area contributed by atoms with Gasteiger partial charge in [-0.3, -0.25) is 4.79 Å². The molecule has 4 nitrogen and oxygen atoms in total. The molecular formula is C16H17N3OS2. The number of amides is 1. The first-order valence-corrected chi connectivity index (χ1v) is 9.22. The van der Waals surface area contributed by atoms with Crippen LogP contribution in [-0.2, 0) is 11.2 Å². The van der Waals surface area contributed by atoms with E-state index < -0.39 is 5.54 Å². The molecule has 0 aliphatic heterocycles. The minimum absolute atomic E-state index is 0.106. The zero-order chi connectivity index (χ0) is 15.4. The number of aromatic nitrogens is 1. The molecule has 114 valence electrons. The number of carbonyl (C=O) groups excluding carboxylic acids is 1. The van der Waals surface area contributed by atoms with E-state index in [4.69, 9.17) is 0 Å². The Bertz CT molecular complexity index is 679. The van der Waals surface area contributed by atoms with Crippen molar-refractivity contribution in [2.45, 2.75) is 44.1 Å². The van der Waals surface area contributed by atoms with Gasteiger partial charge in [0.2, 0.25) is 5.91 Å². The highest BCUT2D eigenvalue weighted by atomic mass is 32.1. The van der Waals surface area contributed by atoms with Crippen LogP contribution in [0.4, 0.5) is 0 Å². The Morgan fingerprint density at radius 1 is 1.36 bits per heavy atom. The van der Waals surface area contributed by atoms with Crippen LogP contribution in [0.15, 0.2) is 22.2 Å². The summed E-state index contributed by atoms with van der Waals surface area (Å²) in [5, 5.41) is 19.3. The van der Waals surface area contributed by atoms with Gasteiger partial charge in [0.1, 0.15) is 10.5 Å².